The molecule has 9 nitrogen and oxygen atoms in total. The lowest BCUT2D eigenvalue weighted by Crippen LogP contribution is -2.38. The lowest BCUT2D eigenvalue weighted by Gasteiger charge is -2.17. The second kappa shape index (κ2) is 9.80. The van der Waals surface area contributed by atoms with E-state index in [2.05, 4.69) is 25.9 Å². The number of carbonyl (C=O) groups is 3. The van der Waals surface area contributed by atoms with Gasteiger partial charge in [0.2, 0.25) is 0 Å². The number of halogens is 2. The summed E-state index contributed by atoms with van der Waals surface area (Å²) in [6.07, 6.45) is 1.22. The highest BCUT2D eigenvalue weighted by molar-refractivity contribution is 6.34. The zero-order valence-electron chi connectivity index (χ0n) is 17.7. The summed E-state index contributed by atoms with van der Waals surface area (Å²) in [6, 6.07) is 9.64. The molecule has 1 aromatic heterocycles. The third-order valence-electron chi connectivity index (χ3n) is 4.34. The van der Waals surface area contributed by atoms with Gasteiger partial charge in [0.05, 0.1) is 22.5 Å². The fourth-order valence-electron chi connectivity index (χ4n) is 2.72. The van der Waals surface area contributed by atoms with Crippen LogP contribution in [0.4, 0.5) is 15.8 Å². The molecule has 3 rings (SSSR count). The minimum atomic E-state index is -1.11. The Balaban J connectivity index is 1.63. The minimum absolute atomic E-state index is 0.0117. The van der Waals surface area contributed by atoms with Gasteiger partial charge < -0.3 is 26.0 Å². The molecule has 172 valence electrons. The third-order valence-corrected chi connectivity index (χ3v) is 4.65. The molecule has 33 heavy (non-hydrogen) atoms. The lowest BCUT2D eigenvalue weighted by molar-refractivity contribution is 0.0691. The van der Waals surface area contributed by atoms with Crippen LogP contribution >= 0.6 is 11.6 Å². The molecule has 0 aliphatic carbocycles. The summed E-state index contributed by atoms with van der Waals surface area (Å²) in [7, 11) is 0. The van der Waals surface area contributed by atoms with Gasteiger partial charge in [-0.15, -0.1) is 0 Å². The SMILES string of the molecule is CC(C)(O)CNC(=O)c1[nH]cnc1C(=O)Nc1ccc(NC(=O)c2ccc(F)cc2Cl)cc1. The average Bonchev–Trinajstić information content (AvgIpc) is 3.23. The maximum Gasteiger partial charge on any atom is 0.276 e. The van der Waals surface area contributed by atoms with Crippen molar-refractivity contribution in [1.82, 2.24) is 15.3 Å². The Morgan fingerprint density at radius 1 is 1.03 bits per heavy atom. The van der Waals surface area contributed by atoms with Gasteiger partial charge in [-0.25, -0.2) is 9.37 Å². The first-order valence-electron chi connectivity index (χ1n) is 9.75. The van der Waals surface area contributed by atoms with E-state index in [0.717, 1.165) is 12.1 Å². The van der Waals surface area contributed by atoms with Crippen LogP contribution in [-0.2, 0) is 0 Å². The van der Waals surface area contributed by atoms with Crippen LogP contribution in [0.15, 0.2) is 48.8 Å². The van der Waals surface area contributed by atoms with Crippen molar-refractivity contribution >= 4 is 40.7 Å². The zero-order valence-corrected chi connectivity index (χ0v) is 18.5. The lowest BCUT2D eigenvalue weighted by atomic mass is 10.1. The number of benzene rings is 2. The second-order valence-electron chi connectivity index (χ2n) is 7.73. The molecule has 0 radical (unpaired) electrons. The first-order valence-corrected chi connectivity index (χ1v) is 10.1. The van der Waals surface area contributed by atoms with Crippen LogP contribution in [0.2, 0.25) is 5.02 Å². The van der Waals surface area contributed by atoms with Gasteiger partial charge in [-0.05, 0) is 56.3 Å². The molecule has 0 saturated carbocycles. The first-order chi connectivity index (χ1) is 15.5. The van der Waals surface area contributed by atoms with Gasteiger partial charge in [0, 0.05) is 17.9 Å². The molecule has 11 heteroatoms. The van der Waals surface area contributed by atoms with Crippen molar-refractivity contribution in [2.45, 2.75) is 19.4 Å². The van der Waals surface area contributed by atoms with Crippen molar-refractivity contribution < 1.29 is 23.9 Å². The van der Waals surface area contributed by atoms with Gasteiger partial charge in [0.15, 0.2) is 5.69 Å². The topological polar surface area (TPSA) is 136 Å². The molecule has 5 N–H and O–H groups in total. The molecular weight excluding hydrogens is 453 g/mol. The van der Waals surface area contributed by atoms with Crippen LogP contribution in [0.5, 0.6) is 0 Å². The highest BCUT2D eigenvalue weighted by atomic mass is 35.5. The fraction of sp³-hybridized carbons (Fsp3) is 0.182. The van der Waals surface area contributed by atoms with Crippen LogP contribution in [-0.4, -0.2) is 44.9 Å². The maximum atomic E-state index is 13.2. The van der Waals surface area contributed by atoms with Gasteiger partial charge in [-0.2, -0.15) is 0 Å². The van der Waals surface area contributed by atoms with Crippen LogP contribution in [0.3, 0.4) is 0 Å². The summed E-state index contributed by atoms with van der Waals surface area (Å²) in [6.45, 7) is 3.06. The molecular formula is C22H21ClFN5O4. The number of hydrogen-bond acceptors (Lipinski definition) is 5. The second-order valence-corrected chi connectivity index (χ2v) is 8.14. The number of hydrogen-bond donors (Lipinski definition) is 5. The summed E-state index contributed by atoms with van der Waals surface area (Å²) in [4.78, 5) is 43.7. The average molecular weight is 474 g/mol. The van der Waals surface area contributed by atoms with E-state index in [1.165, 1.54) is 26.2 Å². The minimum Gasteiger partial charge on any atom is -0.389 e. The number of imidazole rings is 1. The molecule has 2 aromatic carbocycles. The first kappa shape index (κ1) is 23.9. The Kier molecular flexibility index (Phi) is 7.10. The maximum absolute atomic E-state index is 13.2. The van der Waals surface area contributed by atoms with Gasteiger partial charge >= 0.3 is 0 Å². The van der Waals surface area contributed by atoms with Crippen molar-refractivity contribution in [3.05, 3.63) is 76.6 Å². The number of carbonyl (C=O) groups excluding carboxylic acids is 3. The molecule has 3 aromatic rings. The summed E-state index contributed by atoms with van der Waals surface area (Å²) in [5, 5.41) is 17.5. The molecule has 0 saturated heterocycles. The normalized spacial score (nSPS) is 11.1. The summed E-state index contributed by atoms with van der Waals surface area (Å²) in [5.74, 6) is -2.28. The Morgan fingerprint density at radius 2 is 1.64 bits per heavy atom. The standard InChI is InChI=1S/C22H21ClFN5O4/c1-22(2,33)10-25-20(31)17-18(27-11-26-17)21(32)29-14-6-4-13(5-7-14)28-19(30)15-8-3-12(24)9-16(15)23/h3-9,11,33H,10H2,1-2H3,(H,25,31)(H,26,27)(H,28,30)(H,29,32). The van der Waals surface area contributed by atoms with E-state index in [1.807, 2.05) is 0 Å². The van der Waals surface area contributed by atoms with E-state index in [1.54, 1.807) is 24.3 Å². The van der Waals surface area contributed by atoms with Crippen LogP contribution in [0.25, 0.3) is 0 Å². The van der Waals surface area contributed by atoms with Gasteiger partial charge in [0.1, 0.15) is 11.5 Å². The number of anilines is 2. The number of nitrogens with zero attached hydrogens (tertiary/aromatic N) is 1. The van der Waals surface area contributed by atoms with Crippen LogP contribution < -0.4 is 16.0 Å². The summed E-state index contributed by atoms with van der Waals surface area (Å²) in [5.41, 5.74) is -0.349. The smallest absolute Gasteiger partial charge is 0.276 e. The molecule has 0 spiro atoms. The molecule has 3 amide bonds. The Morgan fingerprint density at radius 3 is 2.21 bits per heavy atom. The quantitative estimate of drug-likeness (QED) is 0.359. The van der Waals surface area contributed by atoms with Gasteiger partial charge in [0.25, 0.3) is 17.7 Å². The Bertz CT molecular complexity index is 1190. The van der Waals surface area contributed by atoms with Crippen LogP contribution in [0.1, 0.15) is 45.2 Å². The van der Waals surface area contributed by atoms with Gasteiger partial charge in [-0.1, -0.05) is 11.6 Å². The van der Waals surface area contributed by atoms with Crippen molar-refractivity contribution in [1.29, 1.82) is 0 Å². The largest absolute Gasteiger partial charge is 0.389 e. The van der Waals surface area contributed by atoms with Crippen molar-refractivity contribution in [2.24, 2.45) is 0 Å². The predicted molar refractivity (Wildman–Crippen MR) is 121 cm³/mol. The van der Waals surface area contributed by atoms with E-state index in [9.17, 15) is 23.9 Å². The van der Waals surface area contributed by atoms with Crippen LogP contribution in [0, 0.1) is 5.82 Å². The van der Waals surface area contributed by atoms with E-state index < -0.39 is 29.1 Å². The van der Waals surface area contributed by atoms with Crippen molar-refractivity contribution in [2.75, 3.05) is 17.2 Å². The Labute approximate surface area is 193 Å². The summed E-state index contributed by atoms with van der Waals surface area (Å²) >= 11 is 5.90. The molecule has 0 atom stereocenters. The van der Waals surface area contributed by atoms with E-state index in [0.29, 0.717) is 11.4 Å². The van der Waals surface area contributed by atoms with Gasteiger partial charge in [-0.3, -0.25) is 14.4 Å². The monoisotopic (exact) mass is 473 g/mol. The fourth-order valence-corrected chi connectivity index (χ4v) is 2.98. The number of H-pyrrole nitrogens is 1. The number of aliphatic hydroxyl groups is 1. The highest BCUT2D eigenvalue weighted by Crippen LogP contribution is 2.20. The number of aromatic nitrogens is 2. The molecule has 0 fully saturated rings. The zero-order chi connectivity index (χ0) is 24.2. The predicted octanol–water partition coefficient (Wildman–Crippen LogP) is 3.21. The summed E-state index contributed by atoms with van der Waals surface area (Å²) < 4.78 is 13.2. The number of amides is 3. The Hall–Kier alpha value is -3.76. The molecule has 0 aliphatic rings. The highest BCUT2D eigenvalue weighted by Gasteiger charge is 2.22. The molecule has 0 aliphatic heterocycles. The van der Waals surface area contributed by atoms with E-state index in [4.69, 9.17) is 11.6 Å². The molecule has 0 bridgehead atoms. The molecule has 0 unspecified atom stereocenters. The number of rotatable bonds is 7. The van der Waals surface area contributed by atoms with Crippen molar-refractivity contribution in [3.63, 3.8) is 0 Å². The third kappa shape index (κ3) is 6.37. The van der Waals surface area contributed by atoms with E-state index in [-0.39, 0.29) is 28.5 Å². The number of aromatic amines is 1. The molecule has 1 heterocycles. The number of nitrogens with one attached hydrogen (secondary N) is 4. The van der Waals surface area contributed by atoms with E-state index >= 15 is 0 Å². The van der Waals surface area contributed by atoms with Crippen molar-refractivity contribution in [3.8, 4) is 0 Å².